The van der Waals surface area contributed by atoms with Gasteiger partial charge < -0.3 is 14.7 Å². The number of carboxylic acid groups (broad SMARTS) is 1. The third kappa shape index (κ3) is 5.96. The molecule has 39 heavy (non-hydrogen) atoms. The summed E-state index contributed by atoms with van der Waals surface area (Å²) in [4.78, 5) is 12.1. The van der Waals surface area contributed by atoms with Gasteiger partial charge in [0.25, 0.3) is 0 Å². The number of aliphatic carboxylic acids is 1. The van der Waals surface area contributed by atoms with E-state index in [4.69, 9.17) is 4.74 Å². The summed E-state index contributed by atoms with van der Waals surface area (Å²) < 4.78 is 117. The minimum Gasteiger partial charge on any atom is -0.492 e. The topological polar surface area (TPSA) is 87.2 Å². The fraction of sp³-hybridized carbons (Fsp3) is 0.480. The molecular weight excluding hydrogens is 554 g/mol. The average molecular weight is 581 g/mol. The van der Waals surface area contributed by atoms with Crippen molar-refractivity contribution in [3.63, 3.8) is 0 Å². The van der Waals surface area contributed by atoms with Crippen molar-refractivity contribution in [3.05, 3.63) is 47.8 Å². The molecule has 2 aromatic carbocycles. The highest BCUT2D eigenvalue weighted by Gasteiger charge is 2.52. The number of rotatable bonds is 8. The van der Waals surface area contributed by atoms with Crippen LogP contribution in [0.2, 0.25) is 0 Å². The first-order chi connectivity index (χ1) is 17.9. The van der Waals surface area contributed by atoms with Crippen molar-refractivity contribution in [2.75, 3.05) is 25.1 Å². The van der Waals surface area contributed by atoms with Crippen molar-refractivity contribution >= 4 is 27.4 Å². The van der Waals surface area contributed by atoms with Crippen LogP contribution in [0.15, 0.2) is 41.3 Å². The maximum absolute atomic E-state index is 14.2. The Hall–Kier alpha value is -3.00. The van der Waals surface area contributed by atoms with Crippen LogP contribution in [0, 0.1) is 11.2 Å². The third-order valence-electron chi connectivity index (χ3n) is 7.09. The largest absolute Gasteiger partial charge is 0.492 e. The molecule has 0 unspecified atom stereocenters. The Morgan fingerprint density at radius 3 is 2.26 bits per heavy atom. The molecule has 4 rings (SSSR count). The van der Waals surface area contributed by atoms with Gasteiger partial charge in [0.2, 0.25) is 15.9 Å². The summed E-state index contributed by atoms with van der Waals surface area (Å²) in [6.45, 7) is -0.228. The van der Waals surface area contributed by atoms with E-state index in [1.807, 2.05) is 0 Å². The fourth-order valence-corrected chi connectivity index (χ4v) is 5.99. The van der Waals surface area contributed by atoms with E-state index in [1.165, 1.54) is 17.0 Å². The molecule has 1 atom stereocenters. The number of hydrogen-bond donors (Lipinski definition) is 1. The second-order valence-corrected chi connectivity index (χ2v) is 12.0. The molecule has 0 bridgehead atoms. The first-order valence-corrected chi connectivity index (χ1v) is 13.4. The lowest BCUT2D eigenvalue weighted by atomic mass is 10.1. The highest BCUT2D eigenvalue weighted by Crippen LogP contribution is 2.49. The Bertz CT molecular complexity index is 1350. The van der Waals surface area contributed by atoms with Gasteiger partial charge in [0, 0.05) is 37.8 Å². The lowest BCUT2D eigenvalue weighted by Gasteiger charge is -2.30. The fourth-order valence-electron chi connectivity index (χ4n) is 4.43. The van der Waals surface area contributed by atoms with Crippen LogP contribution in [0.1, 0.15) is 38.2 Å². The number of sulfonamides is 1. The van der Waals surface area contributed by atoms with Gasteiger partial charge in [0.15, 0.2) is 0 Å². The monoisotopic (exact) mass is 580 g/mol. The molecule has 0 radical (unpaired) electrons. The number of halogens is 6. The van der Waals surface area contributed by atoms with Gasteiger partial charge >= 0.3 is 12.1 Å². The van der Waals surface area contributed by atoms with Crippen LogP contribution >= 0.6 is 0 Å². The van der Waals surface area contributed by atoms with E-state index in [9.17, 15) is 44.7 Å². The minimum atomic E-state index is -5.02. The first kappa shape index (κ1) is 29.0. The normalized spacial score (nSPS) is 20.7. The first-order valence-electron chi connectivity index (χ1n) is 12.0. The van der Waals surface area contributed by atoms with E-state index in [-0.39, 0.29) is 31.5 Å². The number of benzene rings is 2. The summed E-state index contributed by atoms with van der Waals surface area (Å²) in [5.41, 5.74) is -2.97. The van der Waals surface area contributed by atoms with Gasteiger partial charge in [0.05, 0.1) is 11.3 Å². The van der Waals surface area contributed by atoms with Gasteiger partial charge in [-0.25, -0.2) is 21.6 Å². The molecule has 0 saturated heterocycles. The van der Waals surface area contributed by atoms with Crippen molar-refractivity contribution in [3.8, 4) is 5.75 Å². The number of ether oxygens (including phenoxy) is 1. The number of hydrogen-bond acceptors (Lipinski definition) is 5. The Labute approximate surface area is 221 Å². The number of carbonyl (C=O) groups is 1. The van der Waals surface area contributed by atoms with Gasteiger partial charge in [-0.3, -0.25) is 4.79 Å². The average Bonchev–Trinajstić information content (AvgIpc) is 3.63. The molecule has 2 aromatic rings. The molecule has 7 nitrogen and oxygen atoms in total. The lowest BCUT2D eigenvalue weighted by Crippen LogP contribution is -2.41. The molecule has 1 saturated carbocycles. The molecule has 1 aliphatic carbocycles. The van der Waals surface area contributed by atoms with Crippen LogP contribution < -0.4 is 9.64 Å². The Kier molecular flexibility index (Phi) is 7.34. The van der Waals surface area contributed by atoms with E-state index in [2.05, 4.69) is 0 Å². The molecule has 14 heteroatoms. The number of carboxylic acids is 1. The smallest absolute Gasteiger partial charge is 0.420 e. The zero-order valence-electron chi connectivity index (χ0n) is 20.9. The quantitative estimate of drug-likeness (QED) is 0.406. The molecule has 2 aliphatic rings. The van der Waals surface area contributed by atoms with Gasteiger partial charge in [-0.2, -0.15) is 17.5 Å². The van der Waals surface area contributed by atoms with Crippen molar-refractivity contribution in [2.24, 2.45) is 5.41 Å². The molecule has 1 N–H and O–H groups in total. The predicted molar refractivity (Wildman–Crippen MR) is 128 cm³/mol. The summed E-state index contributed by atoms with van der Waals surface area (Å²) in [6, 6.07) is 4.74. The van der Waals surface area contributed by atoms with Crippen LogP contribution in [-0.2, 0) is 21.0 Å². The van der Waals surface area contributed by atoms with Crippen LogP contribution in [0.4, 0.5) is 37.7 Å². The van der Waals surface area contributed by atoms with Gasteiger partial charge in [-0.05, 0) is 56.5 Å². The van der Waals surface area contributed by atoms with Crippen LogP contribution in [0.5, 0.6) is 5.75 Å². The molecule has 0 spiro atoms. The summed E-state index contributed by atoms with van der Waals surface area (Å²) in [5.74, 6) is -5.88. The number of likely N-dealkylation sites (N-methyl/N-ethyl adjacent to an activating group) is 1. The summed E-state index contributed by atoms with van der Waals surface area (Å²) in [5, 5.41) is 9.38. The van der Waals surface area contributed by atoms with E-state index in [0.29, 0.717) is 19.1 Å². The zero-order chi connectivity index (χ0) is 29.0. The van der Waals surface area contributed by atoms with E-state index in [0.717, 1.165) is 23.5 Å². The summed E-state index contributed by atoms with van der Waals surface area (Å²) >= 11 is 0. The Morgan fingerprint density at radius 1 is 1.13 bits per heavy atom. The maximum atomic E-state index is 14.2. The maximum Gasteiger partial charge on any atom is 0.420 e. The van der Waals surface area contributed by atoms with Crippen molar-refractivity contribution in [1.29, 1.82) is 0 Å². The Balaban J connectivity index is 1.88. The molecule has 214 valence electrons. The van der Waals surface area contributed by atoms with Crippen LogP contribution in [0.3, 0.4) is 0 Å². The van der Waals surface area contributed by atoms with Crippen molar-refractivity contribution in [2.45, 2.75) is 55.6 Å². The molecule has 1 aliphatic heterocycles. The number of alkyl halides is 5. The summed E-state index contributed by atoms with van der Waals surface area (Å²) in [7, 11) is -3.41. The number of anilines is 2. The third-order valence-corrected chi connectivity index (χ3v) is 9.03. The van der Waals surface area contributed by atoms with Gasteiger partial charge in [-0.15, -0.1) is 0 Å². The standard InChI is InChI=1S/C25H26F6N2O5S/c1-23(27,28)8-7-17-13-33(16-5-3-15(26)4-6-16)19-11-18(25(29,30)31)20(12-21(19)39(36,37)32(17)2)38-14-24(9-10-24)22(34)35/h3-6,11-12,17H,7-10,13-14H2,1-2H3,(H,34,35)/t17-/m1/s1. The minimum absolute atomic E-state index is 0.140. The second kappa shape index (κ2) is 9.88. The van der Waals surface area contributed by atoms with Gasteiger partial charge in [-0.1, -0.05) is 0 Å². The number of nitrogens with zero attached hydrogens (tertiary/aromatic N) is 2. The SMILES string of the molecule is CN1[C@H](CCC(C)(F)F)CN(c2ccc(F)cc2)c2cc(C(F)(F)F)c(OCC3(C(=O)O)CC3)cc2S1(=O)=O. The molecule has 0 aromatic heterocycles. The van der Waals surface area contributed by atoms with Crippen LogP contribution in [-0.4, -0.2) is 56.0 Å². The van der Waals surface area contributed by atoms with Gasteiger partial charge in [0.1, 0.15) is 28.5 Å². The summed E-state index contributed by atoms with van der Waals surface area (Å²) in [6.07, 6.45) is -5.65. The molecule has 1 fully saturated rings. The predicted octanol–water partition coefficient (Wildman–Crippen LogP) is 5.66. The molecule has 1 heterocycles. The lowest BCUT2D eigenvalue weighted by molar-refractivity contribution is -0.144. The van der Waals surface area contributed by atoms with E-state index in [1.54, 1.807) is 0 Å². The Morgan fingerprint density at radius 2 is 1.74 bits per heavy atom. The van der Waals surface area contributed by atoms with Crippen molar-refractivity contribution < 1.29 is 49.4 Å². The highest BCUT2D eigenvalue weighted by molar-refractivity contribution is 7.89. The molecule has 0 amide bonds. The second-order valence-electron chi connectivity index (χ2n) is 10.1. The molecular formula is C25H26F6N2O5S. The zero-order valence-corrected chi connectivity index (χ0v) is 21.8. The van der Waals surface area contributed by atoms with Crippen LogP contribution in [0.25, 0.3) is 0 Å². The van der Waals surface area contributed by atoms with Crippen molar-refractivity contribution in [1.82, 2.24) is 4.31 Å². The van der Waals surface area contributed by atoms with E-state index < -0.39 is 80.3 Å². The van der Waals surface area contributed by atoms with E-state index >= 15 is 0 Å². The number of fused-ring (bicyclic) bond motifs is 1. The highest BCUT2D eigenvalue weighted by atomic mass is 32.2.